The Morgan fingerprint density at radius 2 is 1.75 bits per heavy atom. The Labute approximate surface area is 43.6 Å². The summed E-state index contributed by atoms with van der Waals surface area (Å²) in [5, 5.41) is 0. The first-order valence-corrected chi connectivity index (χ1v) is 0.424. The van der Waals surface area contributed by atoms with Crippen molar-refractivity contribution in [3.05, 3.63) is 10.4 Å². The Kier molecular flexibility index (Phi) is 23.5. The molecule has 0 spiro atoms. The smallest absolute Gasteiger partial charge is 0 e. The molecule has 0 rings (SSSR count). The molecule has 0 unspecified atom stereocenters. The fourth-order valence-electron chi connectivity index (χ4n) is 0. The van der Waals surface area contributed by atoms with Gasteiger partial charge in [0.25, 0.3) is 0 Å². The van der Waals surface area contributed by atoms with Gasteiger partial charge in [-0.05, 0) is 10.4 Å². The molecule has 0 amide bonds. The summed E-state index contributed by atoms with van der Waals surface area (Å²) in [6.45, 7) is 0. The van der Waals surface area contributed by atoms with E-state index in [-0.39, 0.29) is 27.3 Å². The van der Waals surface area contributed by atoms with E-state index >= 15 is 0 Å². The predicted octanol–water partition coefficient (Wildman–Crippen LogP) is 0.873. The molecule has 0 aliphatic rings. The van der Waals surface area contributed by atoms with Crippen LogP contribution in [0, 0.1) is 5.53 Å². The molecule has 0 aliphatic carbocycles. The molecule has 3 nitrogen and oxygen atoms in total. The van der Waals surface area contributed by atoms with Crippen LogP contribution in [0.2, 0.25) is 0 Å². The van der Waals surface area contributed by atoms with Gasteiger partial charge in [0.05, 0.1) is 0 Å². The fourth-order valence-corrected chi connectivity index (χ4v) is 0. The molecular formula is HCdN3. The number of hydrogen-bond acceptors (Lipinski definition) is 1. The van der Waals surface area contributed by atoms with Crippen molar-refractivity contribution >= 4 is 0 Å². The van der Waals surface area contributed by atoms with Gasteiger partial charge in [0.15, 0.2) is 0 Å². The Bertz CT molecular complexity index is 24.3. The van der Waals surface area contributed by atoms with Crippen molar-refractivity contribution in [3.8, 4) is 0 Å². The van der Waals surface area contributed by atoms with E-state index in [0.29, 0.717) is 0 Å². The summed E-state index contributed by atoms with van der Waals surface area (Å²) in [5.74, 6) is 0. The van der Waals surface area contributed by atoms with Crippen LogP contribution in [0.15, 0.2) is 0 Å². The molecule has 1 N–H and O–H groups in total. The first kappa shape index (κ1) is 8.87. The molecule has 0 bridgehead atoms. The van der Waals surface area contributed by atoms with Crippen molar-refractivity contribution in [1.29, 1.82) is 5.53 Å². The van der Waals surface area contributed by atoms with Crippen LogP contribution in [0.4, 0.5) is 0 Å². The average molecular weight is 155 g/mol. The van der Waals surface area contributed by atoms with Crippen molar-refractivity contribution in [1.82, 2.24) is 0 Å². The minimum Gasteiger partial charge on any atom is -0.108 e. The molecule has 0 aliphatic heterocycles. The average Bonchev–Trinajstić information content (AvgIpc) is 0.918. The first-order chi connectivity index (χ1) is 1.41. The zero-order chi connectivity index (χ0) is 2.71. The van der Waals surface area contributed by atoms with Crippen molar-refractivity contribution in [3.63, 3.8) is 0 Å². The van der Waals surface area contributed by atoms with E-state index in [9.17, 15) is 0 Å². The molecule has 0 aromatic rings. The summed E-state index contributed by atoms with van der Waals surface area (Å²) in [7, 11) is 0. The fraction of sp³-hybridized carbons (Fsp3) is 0. The van der Waals surface area contributed by atoms with Gasteiger partial charge in [-0.1, -0.05) is 0 Å². The van der Waals surface area contributed by atoms with Crippen LogP contribution in [0.5, 0.6) is 0 Å². The van der Waals surface area contributed by atoms with Gasteiger partial charge in [0, 0.05) is 27.3 Å². The van der Waals surface area contributed by atoms with Crippen LogP contribution < -0.4 is 0 Å². The second-order valence-corrected chi connectivity index (χ2v) is 0.100. The Morgan fingerprint density at radius 1 is 1.75 bits per heavy atom. The summed E-state index contributed by atoms with van der Waals surface area (Å²) in [4.78, 5) is 1.75. The van der Waals surface area contributed by atoms with Gasteiger partial charge >= 0.3 is 0 Å². The van der Waals surface area contributed by atoms with E-state index in [2.05, 4.69) is 0 Å². The molecule has 0 fully saturated rings. The standard InChI is InChI=1S/Cd.HN3/c;1-3-2/h;1H. The van der Waals surface area contributed by atoms with E-state index in [0.717, 1.165) is 0 Å². The minimum atomic E-state index is 0. The molecule has 0 saturated carbocycles. The van der Waals surface area contributed by atoms with Gasteiger partial charge in [-0.15, -0.1) is 5.53 Å². The molecule has 0 aromatic carbocycles. The third-order valence-electron chi connectivity index (χ3n) is 0. The van der Waals surface area contributed by atoms with E-state index in [1.807, 2.05) is 0 Å². The summed E-state index contributed by atoms with van der Waals surface area (Å²) in [6.07, 6.45) is 0. The monoisotopic (exact) mass is 157 g/mol. The van der Waals surface area contributed by atoms with Crippen LogP contribution >= 0.6 is 0 Å². The molecule has 0 atom stereocenters. The normalized spacial score (nSPS) is 2.00. The van der Waals surface area contributed by atoms with E-state index < -0.39 is 0 Å². The summed E-state index contributed by atoms with van der Waals surface area (Å²) < 4.78 is 0. The van der Waals surface area contributed by atoms with Gasteiger partial charge in [-0.3, -0.25) is 0 Å². The van der Waals surface area contributed by atoms with Gasteiger partial charge in [-0.25, -0.2) is 0 Å². The molecular weight excluding hydrogens is 154 g/mol. The second kappa shape index (κ2) is 10.6. The summed E-state index contributed by atoms with van der Waals surface area (Å²) in [5.41, 5.74) is 12.2. The third kappa shape index (κ3) is 62.9. The quantitative estimate of drug-likeness (QED) is 0.234. The molecule has 0 saturated heterocycles. The van der Waals surface area contributed by atoms with Gasteiger partial charge in [0.2, 0.25) is 0 Å². The number of nitrogens with zero attached hydrogens (tertiary/aromatic N) is 2. The Balaban J connectivity index is 0. The van der Waals surface area contributed by atoms with Crippen molar-refractivity contribution in [2.75, 3.05) is 0 Å². The van der Waals surface area contributed by atoms with Crippen molar-refractivity contribution in [2.24, 2.45) is 0 Å². The molecule has 4 heavy (non-hydrogen) atoms. The Hall–Kier alpha value is 0.232. The minimum absolute atomic E-state index is 0. The van der Waals surface area contributed by atoms with Crippen LogP contribution in [-0.4, -0.2) is 0 Å². The van der Waals surface area contributed by atoms with E-state index in [1.165, 1.54) is 0 Å². The maximum Gasteiger partial charge on any atom is 0 e. The van der Waals surface area contributed by atoms with Gasteiger partial charge < -0.3 is 0 Å². The second-order valence-electron chi connectivity index (χ2n) is 0.100. The van der Waals surface area contributed by atoms with Crippen LogP contribution in [0.3, 0.4) is 0 Å². The molecule has 4 heteroatoms. The number of nitrogens with one attached hydrogen (secondary N) is 1. The van der Waals surface area contributed by atoms with E-state index in [4.69, 9.17) is 11.1 Å². The van der Waals surface area contributed by atoms with Crippen LogP contribution in [-0.2, 0) is 27.3 Å². The maximum atomic E-state index is 6.86. The van der Waals surface area contributed by atoms with Crippen molar-refractivity contribution < 1.29 is 27.3 Å². The Morgan fingerprint density at radius 3 is 1.75 bits per heavy atom. The topological polar surface area (TPSA) is 60.3 Å². The van der Waals surface area contributed by atoms with Crippen LogP contribution in [0.25, 0.3) is 10.4 Å². The third-order valence-corrected chi connectivity index (χ3v) is 0. The maximum absolute atomic E-state index is 6.86. The number of hydrogen-bond donors (Lipinski definition) is 1. The zero-order valence-electron chi connectivity index (χ0n) is 2.10. The SMILES string of the molecule is [Cd].[N-]=[N+]=N. The molecule has 0 aromatic heterocycles. The largest absolute Gasteiger partial charge is 0.108 e. The molecule has 18 valence electrons. The first-order valence-electron chi connectivity index (χ1n) is 0.424. The van der Waals surface area contributed by atoms with Gasteiger partial charge in [0.1, 0.15) is 0 Å². The van der Waals surface area contributed by atoms with E-state index in [1.54, 1.807) is 4.91 Å². The summed E-state index contributed by atoms with van der Waals surface area (Å²) in [6, 6.07) is 0. The van der Waals surface area contributed by atoms with Crippen molar-refractivity contribution in [2.45, 2.75) is 0 Å². The zero-order valence-corrected chi connectivity index (χ0v) is 6.14. The number of rotatable bonds is 0. The summed E-state index contributed by atoms with van der Waals surface area (Å²) >= 11 is 0. The predicted molar refractivity (Wildman–Crippen MR) is 9.44 cm³/mol. The van der Waals surface area contributed by atoms with Gasteiger partial charge in [-0.2, -0.15) is 0 Å². The molecule has 0 heterocycles. The molecule has 0 radical (unpaired) electrons. The van der Waals surface area contributed by atoms with Crippen LogP contribution in [0.1, 0.15) is 0 Å².